The third-order valence-electron chi connectivity index (χ3n) is 4.74. The van der Waals surface area contributed by atoms with Crippen LogP contribution in [0.5, 0.6) is 0 Å². The molecule has 4 nitrogen and oxygen atoms in total. The van der Waals surface area contributed by atoms with Gasteiger partial charge in [0.05, 0.1) is 11.3 Å². The first-order chi connectivity index (χ1) is 12.7. The van der Waals surface area contributed by atoms with E-state index in [1.54, 1.807) is 25.3 Å². The lowest BCUT2D eigenvalue weighted by Gasteiger charge is -2.36. The summed E-state index contributed by atoms with van der Waals surface area (Å²) in [6, 6.07) is 7.28. The summed E-state index contributed by atoms with van der Waals surface area (Å²) in [4.78, 5) is 17.9. The summed E-state index contributed by atoms with van der Waals surface area (Å²) in [5.41, 5.74) is -0.955. The molecule has 1 aromatic heterocycles. The zero-order chi connectivity index (χ0) is 19.7. The van der Waals surface area contributed by atoms with Crippen LogP contribution >= 0.6 is 0 Å². The minimum Gasteiger partial charge on any atom is -0.324 e. The van der Waals surface area contributed by atoms with Gasteiger partial charge in [-0.05, 0) is 42.8 Å². The Labute approximate surface area is 154 Å². The molecule has 1 N–H and O–H groups in total. The van der Waals surface area contributed by atoms with Gasteiger partial charge in [0.2, 0.25) is 0 Å². The molecule has 27 heavy (non-hydrogen) atoms. The zero-order valence-corrected chi connectivity index (χ0v) is 14.7. The number of hydrogen-bond acceptors (Lipinski definition) is 2. The summed E-state index contributed by atoms with van der Waals surface area (Å²) in [6.07, 6.45) is -2.65. The lowest BCUT2D eigenvalue weighted by atomic mass is 9.87. The van der Waals surface area contributed by atoms with Crippen LogP contribution in [0.2, 0.25) is 0 Å². The number of nitrogens with one attached hydrogen (secondary N) is 1. The molecule has 2 heterocycles. The highest BCUT2D eigenvalue weighted by Crippen LogP contribution is 2.37. The summed E-state index contributed by atoms with van der Waals surface area (Å²) in [5.74, 6) is 0. The van der Waals surface area contributed by atoms with Crippen LogP contribution in [0.4, 0.5) is 28.0 Å². The molecular weight excluding hydrogens is 362 g/mol. The molecule has 3 rings (SSSR count). The van der Waals surface area contributed by atoms with Crippen LogP contribution in [0.3, 0.4) is 0 Å². The number of urea groups is 1. The molecule has 0 radical (unpaired) electrons. The number of carbonyl (C=O) groups excluding carboxylic acids is 1. The van der Waals surface area contributed by atoms with E-state index in [1.165, 1.54) is 17.0 Å². The molecule has 0 saturated carbocycles. The highest BCUT2D eigenvalue weighted by atomic mass is 19.4. The third kappa shape index (κ3) is 4.20. The fourth-order valence-corrected chi connectivity index (χ4v) is 3.20. The van der Waals surface area contributed by atoms with Crippen LogP contribution < -0.4 is 5.32 Å². The maximum atomic E-state index is 15.3. The number of aryl methyl sites for hydroxylation is 1. The first kappa shape index (κ1) is 19.1. The standard InChI is InChI=1S/C19H19F4N3O/c1-13-3-2-10-24-16(13)18(20)8-11-26(12-9-18)17(27)25-15-6-4-14(5-7-15)19(21,22)23/h2-7,10H,8-9,11-12H2,1H3,(H,25,27). The number of carbonyl (C=O) groups is 1. The predicted octanol–water partition coefficient (Wildman–Crippen LogP) is 4.90. The van der Waals surface area contributed by atoms with Crippen molar-refractivity contribution in [2.24, 2.45) is 0 Å². The van der Waals surface area contributed by atoms with Crippen molar-refractivity contribution >= 4 is 11.7 Å². The van der Waals surface area contributed by atoms with E-state index < -0.39 is 23.4 Å². The van der Waals surface area contributed by atoms with Crippen molar-refractivity contribution in [1.82, 2.24) is 9.88 Å². The van der Waals surface area contributed by atoms with E-state index in [4.69, 9.17) is 0 Å². The van der Waals surface area contributed by atoms with Crippen molar-refractivity contribution in [1.29, 1.82) is 0 Å². The molecular formula is C19H19F4N3O. The number of aromatic nitrogens is 1. The number of likely N-dealkylation sites (tertiary alicyclic amines) is 1. The Morgan fingerprint density at radius 1 is 1.15 bits per heavy atom. The van der Waals surface area contributed by atoms with Gasteiger partial charge in [-0.3, -0.25) is 4.98 Å². The second-order valence-corrected chi connectivity index (χ2v) is 6.63. The van der Waals surface area contributed by atoms with Crippen LogP contribution in [-0.2, 0) is 11.8 Å². The molecule has 1 aliphatic heterocycles. The number of piperidine rings is 1. The van der Waals surface area contributed by atoms with E-state index in [0.717, 1.165) is 17.7 Å². The van der Waals surface area contributed by atoms with Gasteiger partial charge in [-0.2, -0.15) is 13.2 Å². The maximum absolute atomic E-state index is 15.3. The summed E-state index contributed by atoms with van der Waals surface area (Å²) < 4.78 is 53.0. The Bertz CT molecular complexity index is 812. The molecule has 2 amide bonds. The number of pyridine rings is 1. The van der Waals surface area contributed by atoms with Crippen LogP contribution in [0, 0.1) is 6.92 Å². The van der Waals surface area contributed by atoms with Gasteiger partial charge in [0.25, 0.3) is 0 Å². The molecule has 0 unspecified atom stereocenters. The molecule has 1 saturated heterocycles. The maximum Gasteiger partial charge on any atom is 0.416 e. The number of benzene rings is 1. The number of alkyl halides is 4. The molecule has 2 aromatic rings. The topological polar surface area (TPSA) is 45.2 Å². The van der Waals surface area contributed by atoms with Crippen molar-refractivity contribution in [2.75, 3.05) is 18.4 Å². The van der Waals surface area contributed by atoms with Crippen LogP contribution in [0.25, 0.3) is 0 Å². The number of hydrogen-bond donors (Lipinski definition) is 1. The Balaban J connectivity index is 1.61. The Morgan fingerprint density at radius 2 is 1.78 bits per heavy atom. The van der Waals surface area contributed by atoms with Gasteiger partial charge in [0.15, 0.2) is 5.67 Å². The molecule has 144 valence electrons. The quantitative estimate of drug-likeness (QED) is 0.752. The zero-order valence-electron chi connectivity index (χ0n) is 14.7. The fourth-order valence-electron chi connectivity index (χ4n) is 3.20. The van der Waals surface area contributed by atoms with Crippen LogP contribution in [0.15, 0.2) is 42.6 Å². The Morgan fingerprint density at radius 3 is 2.33 bits per heavy atom. The first-order valence-corrected chi connectivity index (χ1v) is 8.53. The number of rotatable bonds is 2. The smallest absolute Gasteiger partial charge is 0.324 e. The molecule has 1 fully saturated rings. The molecule has 0 atom stereocenters. The normalized spacial score (nSPS) is 16.9. The SMILES string of the molecule is Cc1cccnc1C1(F)CCN(C(=O)Nc2ccc(C(F)(F)F)cc2)CC1. The van der Waals surface area contributed by atoms with Gasteiger partial charge >= 0.3 is 12.2 Å². The van der Waals surface area contributed by atoms with E-state index in [-0.39, 0.29) is 31.6 Å². The number of amides is 2. The van der Waals surface area contributed by atoms with Gasteiger partial charge in [0, 0.05) is 37.8 Å². The predicted molar refractivity (Wildman–Crippen MR) is 93.0 cm³/mol. The molecule has 0 bridgehead atoms. The summed E-state index contributed by atoms with van der Waals surface area (Å²) in [7, 11) is 0. The number of nitrogens with zero attached hydrogens (tertiary/aromatic N) is 2. The van der Waals surface area contributed by atoms with Crippen LogP contribution in [0.1, 0.15) is 29.7 Å². The second-order valence-electron chi connectivity index (χ2n) is 6.63. The molecule has 1 aromatic carbocycles. The average Bonchev–Trinajstić information content (AvgIpc) is 2.62. The summed E-state index contributed by atoms with van der Waals surface area (Å²) in [5, 5.41) is 2.55. The van der Waals surface area contributed by atoms with Crippen molar-refractivity contribution in [3.63, 3.8) is 0 Å². The van der Waals surface area contributed by atoms with Gasteiger partial charge in [-0.1, -0.05) is 6.07 Å². The third-order valence-corrected chi connectivity index (χ3v) is 4.74. The van der Waals surface area contributed by atoms with Crippen molar-refractivity contribution in [3.8, 4) is 0 Å². The lowest BCUT2D eigenvalue weighted by molar-refractivity contribution is -0.137. The Kier molecular flexibility index (Phi) is 5.08. The van der Waals surface area contributed by atoms with Crippen molar-refractivity contribution in [2.45, 2.75) is 31.6 Å². The second kappa shape index (κ2) is 7.17. The van der Waals surface area contributed by atoms with E-state index in [0.29, 0.717) is 5.69 Å². The van der Waals surface area contributed by atoms with Crippen LogP contribution in [-0.4, -0.2) is 29.0 Å². The van der Waals surface area contributed by atoms with Gasteiger partial charge < -0.3 is 10.2 Å². The van der Waals surface area contributed by atoms with E-state index in [9.17, 15) is 18.0 Å². The molecule has 0 aliphatic carbocycles. The monoisotopic (exact) mass is 381 g/mol. The fraction of sp³-hybridized carbons (Fsp3) is 0.368. The number of anilines is 1. The Hall–Kier alpha value is -2.64. The van der Waals surface area contributed by atoms with Gasteiger partial charge in [-0.15, -0.1) is 0 Å². The largest absolute Gasteiger partial charge is 0.416 e. The van der Waals surface area contributed by atoms with E-state index >= 15 is 4.39 Å². The lowest BCUT2D eigenvalue weighted by Crippen LogP contribution is -2.45. The average molecular weight is 381 g/mol. The number of halogens is 4. The minimum absolute atomic E-state index is 0.116. The highest BCUT2D eigenvalue weighted by Gasteiger charge is 2.39. The summed E-state index contributed by atoms with van der Waals surface area (Å²) in [6.45, 7) is 2.19. The van der Waals surface area contributed by atoms with Gasteiger partial charge in [-0.25, -0.2) is 9.18 Å². The first-order valence-electron chi connectivity index (χ1n) is 8.53. The van der Waals surface area contributed by atoms with Crippen molar-refractivity contribution in [3.05, 3.63) is 59.4 Å². The van der Waals surface area contributed by atoms with E-state index in [1.807, 2.05) is 0 Å². The minimum atomic E-state index is -4.43. The molecule has 1 aliphatic rings. The van der Waals surface area contributed by atoms with Gasteiger partial charge in [0.1, 0.15) is 0 Å². The highest BCUT2D eigenvalue weighted by molar-refractivity contribution is 5.89. The van der Waals surface area contributed by atoms with E-state index in [2.05, 4.69) is 10.3 Å². The molecule has 8 heteroatoms. The summed E-state index contributed by atoms with van der Waals surface area (Å²) >= 11 is 0. The van der Waals surface area contributed by atoms with Crippen molar-refractivity contribution < 1.29 is 22.4 Å². The molecule has 0 spiro atoms.